The summed E-state index contributed by atoms with van der Waals surface area (Å²) in [6.45, 7) is 3.88. The summed E-state index contributed by atoms with van der Waals surface area (Å²) < 4.78 is 6.57. The second-order valence-electron chi connectivity index (χ2n) is 3.88. The number of nitrogen functional groups attached to an aromatic ring is 1. The first-order valence-corrected chi connectivity index (χ1v) is 6.01. The van der Waals surface area contributed by atoms with E-state index in [-0.39, 0.29) is 0 Å². The van der Waals surface area contributed by atoms with E-state index in [1.807, 2.05) is 38.1 Å². The van der Waals surface area contributed by atoms with Gasteiger partial charge in [-0.15, -0.1) is 0 Å². The van der Waals surface area contributed by atoms with Gasteiger partial charge in [0.05, 0.1) is 10.7 Å². The van der Waals surface area contributed by atoms with Crippen molar-refractivity contribution in [2.75, 3.05) is 5.73 Å². The molecule has 0 saturated heterocycles. The molecular formula is C13H13BrN2O. The van der Waals surface area contributed by atoms with Gasteiger partial charge in [-0.3, -0.25) is 4.98 Å². The summed E-state index contributed by atoms with van der Waals surface area (Å²) >= 11 is 3.43. The van der Waals surface area contributed by atoms with Crippen LogP contribution in [0.1, 0.15) is 11.3 Å². The van der Waals surface area contributed by atoms with E-state index in [4.69, 9.17) is 10.5 Å². The highest BCUT2D eigenvalue weighted by atomic mass is 79.9. The van der Waals surface area contributed by atoms with Crippen LogP contribution in [0.5, 0.6) is 11.5 Å². The molecule has 2 aromatic rings. The molecule has 3 nitrogen and oxygen atoms in total. The minimum atomic E-state index is 0.709. The van der Waals surface area contributed by atoms with Crippen LogP contribution >= 0.6 is 15.9 Å². The number of rotatable bonds is 2. The minimum absolute atomic E-state index is 0.709. The number of ether oxygens (including phenoxy) is 1. The summed E-state index contributed by atoms with van der Waals surface area (Å²) in [5, 5.41) is 0. The van der Waals surface area contributed by atoms with Crippen LogP contribution in [-0.2, 0) is 0 Å². The van der Waals surface area contributed by atoms with Gasteiger partial charge >= 0.3 is 0 Å². The Morgan fingerprint density at radius 2 is 2.00 bits per heavy atom. The van der Waals surface area contributed by atoms with Crippen LogP contribution in [0, 0.1) is 13.8 Å². The predicted molar refractivity (Wildman–Crippen MR) is 72.3 cm³/mol. The largest absolute Gasteiger partial charge is 0.455 e. The van der Waals surface area contributed by atoms with Crippen molar-refractivity contribution in [1.82, 2.24) is 4.98 Å². The maximum atomic E-state index is 5.80. The molecule has 0 radical (unpaired) electrons. The van der Waals surface area contributed by atoms with Gasteiger partial charge in [0.1, 0.15) is 11.5 Å². The molecule has 2 rings (SSSR count). The second-order valence-corrected chi connectivity index (χ2v) is 4.73. The molecule has 0 saturated carbocycles. The maximum absolute atomic E-state index is 5.80. The number of aryl methyl sites for hydroxylation is 2. The lowest BCUT2D eigenvalue weighted by Crippen LogP contribution is -1.93. The average Bonchev–Trinajstić information content (AvgIpc) is 2.29. The van der Waals surface area contributed by atoms with Crippen LogP contribution in [0.4, 0.5) is 5.69 Å². The molecule has 0 bridgehead atoms. The Bertz CT molecular complexity index is 538. The number of pyridine rings is 1. The van der Waals surface area contributed by atoms with Crippen molar-refractivity contribution in [3.63, 3.8) is 0 Å². The minimum Gasteiger partial charge on any atom is -0.455 e. The van der Waals surface area contributed by atoms with Crippen LogP contribution in [0.3, 0.4) is 0 Å². The molecule has 0 unspecified atom stereocenters. The fourth-order valence-electron chi connectivity index (χ4n) is 1.39. The third-order valence-electron chi connectivity index (χ3n) is 2.43. The van der Waals surface area contributed by atoms with E-state index in [2.05, 4.69) is 20.9 Å². The molecule has 0 fully saturated rings. The summed E-state index contributed by atoms with van der Waals surface area (Å²) in [5.41, 5.74) is 8.50. The monoisotopic (exact) mass is 292 g/mol. The summed E-state index contributed by atoms with van der Waals surface area (Å²) in [6, 6.07) is 7.54. The molecule has 0 aliphatic rings. The molecule has 0 amide bonds. The second kappa shape index (κ2) is 4.75. The van der Waals surface area contributed by atoms with Gasteiger partial charge in [-0.1, -0.05) is 0 Å². The Morgan fingerprint density at radius 3 is 2.65 bits per heavy atom. The van der Waals surface area contributed by atoms with Gasteiger partial charge in [0, 0.05) is 11.4 Å². The van der Waals surface area contributed by atoms with Gasteiger partial charge in [-0.25, -0.2) is 0 Å². The lowest BCUT2D eigenvalue weighted by Gasteiger charge is -2.10. The Morgan fingerprint density at radius 1 is 1.24 bits per heavy atom. The first kappa shape index (κ1) is 11.9. The van der Waals surface area contributed by atoms with Gasteiger partial charge in [-0.05, 0) is 59.6 Å². The van der Waals surface area contributed by atoms with Crippen LogP contribution in [0.15, 0.2) is 34.9 Å². The first-order chi connectivity index (χ1) is 8.06. The van der Waals surface area contributed by atoms with Crippen molar-refractivity contribution < 1.29 is 4.74 Å². The number of nitrogens with zero attached hydrogens (tertiary/aromatic N) is 1. The zero-order chi connectivity index (χ0) is 12.4. The quantitative estimate of drug-likeness (QED) is 0.856. The van der Waals surface area contributed by atoms with E-state index in [0.29, 0.717) is 5.75 Å². The maximum Gasteiger partial charge on any atom is 0.145 e. The van der Waals surface area contributed by atoms with Crippen LogP contribution in [-0.4, -0.2) is 4.98 Å². The fourth-order valence-corrected chi connectivity index (χ4v) is 1.83. The summed E-state index contributed by atoms with van der Waals surface area (Å²) in [6.07, 6.45) is 1.70. The molecule has 4 heteroatoms. The van der Waals surface area contributed by atoms with E-state index in [0.717, 1.165) is 27.2 Å². The third kappa shape index (κ3) is 2.77. The van der Waals surface area contributed by atoms with Crippen LogP contribution in [0.2, 0.25) is 0 Å². The van der Waals surface area contributed by atoms with Gasteiger partial charge in [-0.2, -0.15) is 0 Å². The molecule has 88 valence electrons. The Labute approximate surface area is 109 Å². The molecule has 1 aromatic carbocycles. The molecule has 0 aliphatic carbocycles. The number of aromatic nitrogens is 1. The molecule has 0 atom stereocenters. The molecule has 1 aromatic heterocycles. The van der Waals surface area contributed by atoms with Crippen molar-refractivity contribution in [2.45, 2.75) is 13.8 Å². The van der Waals surface area contributed by atoms with Gasteiger partial charge < -0.3 is 10.5 Å². The molecule has 1 heterocycles. The van der Waals surface area contributed by atoms with Gasteiger partial charge in [0.25, 0.3) is 0 Å². The van der Waals surface area contributed by atoms with Gasteiger partial charge in [0.15, 0.2) is 0 Å². The lowest BCUT2D eigenvalue weighted by molar-refractivity contribution is 0.476. The number of nitrogens with two attached hydrogens (primary N) is 1. The molecular weight excluding hydrogens is 280 g/mol. The highest BCUT2D eigenvalue weighted by molar-refractivity contribution is 9.10. The third-order valence-corrected chi connectivity index (χ3v) is 3.05. The predicted octanol–water partition coefficient (Wildman–Crippen LogP) is 3.84. The number of benzene rings is 1. The lowest BCUT2D eigenvalue weighted by atomic mass is 10.2. The van der Waals surface area contributed by atoms with Crippen LogP contribution < -0.4 is 10.5 Å². The standard InChI is InChI=1S/C13H13BrN2O/c1-8-5-13(11(14)6-12(8)15)17-10-4-3-9(2)16-7-10/h3-7H,15H2,1-2H3. The van der Waals surface area contributed by atoms with Crippen LogP contribution in [0.25, 0.3) is 0 Å². The Balaban J connectivity index is 2.30. The Hall–Kier alpha value is -1.55. The highest BCUT2D eigenvalue weighted by Crippen LogP contribution is 2.33. The zero-order valence-corrected chi connectivity index (χ0v) is 11.3. The topological polar surface area (TPSA) is 48.1 Å². The van der Waals surface area contributed by atoms with E-state index in [1.165, 1.54) is 0 Å². The zero-order valence-electron chi connectivity index (χ0n) is 9.70. The van der Waals surface area contributed by atoms with E-state index < -0.39 is 0 Å². The number of anilines is 1. The normalized spacial score (nSPS) is 10.3. The SMILES string of the molecule is Cc1ccc(Oc2cc(C)c(N)cc2Br)cn1. The van der Waals surface area contributed by atoms with Crippen molar-refractivity contribution in [3.05, 3.63) is 46.2 Å². The molecule has 2 N–H and O–H groups in total. The van der Waals surface area contributed by atoms with Crippen molar-refractivity contribution in [3.8, 4) is 11.5 Å². The van der Waals surface area contributed by atoms with E-state index in [9.17, 15) is 0 Å². The average molecular weight is 293 g/mol. The van der Waals surface area contributed by atoms with Crippen molar-refractivity contribution in [1.29, 1.82) is 0 Å². The van der Waals surface area contributed by atoms with Crippen molar-refractivity contribution >= 4 is 21.6 Å². The number of hydrogen-bond acceptors (Lipinski definition) is 3. The molecule has 17 heavy (non-hydrogen) atoms. The molecule has 0 aliphatic heterocycles. The van der Waals surface area contributed by atoms with E-state index in [1.54, 1.807) is 6.20 Å². The number of hydrogen-bond donors (Lipinski definition) is 1. The number of halogens is 1. The highest BCUT2D eigenvalue weighted by Gasteiger charge is 2.06. The smallest absolute Gasteiger partial charge is 0.145 e. The fraction of sp³-hybridized carbons (Fsp3) is 0.154. The summed E-state index contributed by atoms with van der Waals surface area (Å²) in [7, 11) is 0. The van der Waals surface area contributed by atoms with Crippen molar-refractivity contribution in [2.24, 2.45) is 0 Å². The summed E-state index contributed by atoms with van der Waals surface area (Å²) in [4.78, 5) is 4.18. The molecule has 0 spiro atoms. The first-order valence-electron chi connectivity index (χ1n) is 5.22. The van der Waals surface area contributed by atoms with E-state index >= 15 is 0 Å². The Kier molecular flexibility index (Phi) is 3.33. The summed E-state index contributed by atoms with van der Waals surface area (Å²) in [5.74, 6) is 1.45. The van der Waals surface area contributed by atoms with Gasteiger partial charge in [0.2, 0.25) is 0 Å².